The van der Waals surface area contributed by atoms with Gasteiger partial charge in [-0.3, -0.25) is 9.59 Å². The second-order valence-electron chi connectivity index (χ2n) is 6.93. The summed E-state index contributed by atoms with van der Waals surface area (Å²) < 4.78 is 13.4. The fourth-order valence-corrected chi connectivity index (χ4v) is 3.56. The largest absolute Gasteiger partial charge is 0.338 e. The van der Waals surface area contributed by atoms with Gasteiger partial charge in [-0.15, -0.1) is 0 Å². The third kappa shape index (κ3) is 4.37. The van der Waals surface area contributed by atoms with Crippen LogP contribution >= 0.6 is 0 Å². The van der Waals surface area contributed by atoms with Crippen molar-refractivity contribution in [3.8, 4) is 0 Å². The second-order valence-corrected chi connectivity index (χ2v) is 6.93. The van der Waals surface area contributed by atoms with Gasteiger partial charge in [-0.05, 0) is 30.5 Å². The first-order valence-electron chi connectivity index (χ1n) is 9.35. The van der Waals surface area contributed by atoms with Crippen LogP contribution in [0.3, 0.4) is 0 Å². The van der Waals surface area contributed by atoms with Crippen LogP contribution < -0.4 is 5.32 Å². The lowest BCUT2D eigenvalue weighted by Gasteiger charge is -2.39. The number of urea groups is 1. The molecule has 8 heteroatoms. The van der Waals surface area contributed by atoms with Crippen molar-refractivity contribution in [3.05, 3.63) is 35.6 Å². The molecule has 2 aliphatic rings. The molecule has 2 aliphatic heterocycles. The van der Waals surface area contributed by atoms with Gasteiger partial charge in [-0.2, -0.15) is 0 Å². The van der Waals surface area contributed by atoms with Gasteiger partial charge in [0, 0.05) is 32.7 Å². The monoisotopic (exact) mass is 376 g/mol. The van der Waals surface area contributed by atoms with Crippen LogP contribution in [0.25, 0.3) is 0 Å². The molecule has 1 N–H and O–H groups in total. The van der Waals surface area contributed by atoms with Crippen molar-refractivity contribution >= 4 is 17.8 Å². The molecular weight excluding hydrogens is 351 g/mol. The van der Waals surface area contributed by atoms with Gasteiger partial charge in [0.05, 0.1) is 0 Å². The number of hydrogen-bond acceptors (Lipinski definition) is 3. The molecule has 1 unspecified atom stereocenters. The third-order valence-electron chi connectivity index (χ3n) is 4.98. The number of hydrogen-bond donors (Lipinski definition) is 1. The number of carbonyl (C=O) groups excluding carboxylic acids is 3. The molecule has 0 aromatic heterocycles. The quantitative estimate of drug-likeness (QED) is 0.858. The van der Waals surface area contributed by atoms with Crippen LogP contribution in [0.15, 0.2) is 24.3 Å². The highest BCUT2D eigenvalue weighted by Crippen LogP contribution is 2.21. The first-order chi connectivity index (χ1) is 13.0. The Morgan fingerprint density at radius 3 is 2.81 bits per heavy atom. The Morgan fingerprint density at radius 1 is 1.26 bits per heavy atom. The molecule has 1 aromatic carbocycles. The van der Waals surface area contributed by atoms with Crippen molar-refractivity contribution in [1.29, 1.82) is 0 Å². The standard InChI is InChI=1S/C19H25FN4O3/c1-2-7-21-19(27)22-8-6-16-18(26)23(13-17(25)24(16)10-9-22)12-14-4-3-5-15(20)11-14/h3-5,11,16H,2,6-10,12-13H2,1H3,(H,21,27). The van der Waals surface area contributed by atoms with Crippen molar-refractivity contribution in [2.75, 3.05) is 32.7 Å². The summed E-state index contributed by atoms with van der Waals surface area (Å²) in [6.07, 6.45) is 1.25. The Labute approximate surface area is 158 Å². The minimum absolute atomic E-state index is 0.0200. The van der Waals surface area contributed by atoms with Crippen LogP contribution in [0.5, 0.6) is 0 Å². The number of nitrogens with zero attached hydrogens (tertiary/aromatic N) is 3. The van der Waals surface area contributed by atoms with Crippen LogP contribution in [-0.2, 0) is 16.1 Å². The normalized spacial score (nSPS) is 20.4. The molecule has 2 saturated heterocycles. The van der Waals surface area contributed by atoms with E-state index in [9.17, 15) is 18.8 Å². The zero-order valence-electron chi connectivity index (χ0n) is 15.5. The maximum atomic E-state index is 13.4. The highest BCUT2D eigenvalue weighted by atomic mass is 19.1. The smallest absolute Gasteiger partial charge is 0.317 e. The average molecular weight is 376 g/mol. The van der Waals surface area contributed by atoms with Crippen molar-refractivity contribution < 1.29 is 18.8 Å². The molecule has 1 atom stereocenters. The number of piperazine rings is 1. The van der Waals surface area contributed by atoms with Gasteiger partial charge in [-0.25, -0.2) is 9.18 Å². The molecule has 0 radical (unpaired) electrons. The van der Waals surface area contributed by atoms with Gasteiger partial charge < -0.3 is 20.0 Å². The number of nitrogens with one attached hydrogen (secondary N) is 1. The zero-order valence-corrected chi connectivity index (χ0v) is 15.5. The van der Waals surface area contributed by atoms with E-state index in [1.807, 2.05) is 6.92 Å². The molecule has 7 nitrogen and oxygen atoms in total. The van der Waals surface area contributed by atoms with Gasteiger partial charge in [0.2, 0.25) is 11.8 Å². The van der Waals surface area contributed by atoms with Gasteiger partial charge in [-0.1, -0.05) is 19.1 Å². The lowest BCUT2D eigenvalue weighted by atomic mass is 10.1. The van der Waals surface area contributed by atoms with E-state index in [-0.39, 0.29) is 36.8 Å². The Kier molecular flexibility index (Phi) is 5.93. The van der Waals surface area contributed by atoms with E-state index in [4.69, 9.17) is 0 Å². The topological polar surface area (TPSA) is 73.0 Å². The number of carbonyl (C=O) groups is 3. The van der Waals surface area contributed by atoms with Crippen LogP contribution in [0.2, 0.25) is 0 Å². The summed E-state index contributed by atoms with van der Waals surface area (Å²) >= 11 is 0. The van der Waals surface area contributed by atoms with Gasteiger partial charge in [0.1, 0.15) is 18.4 Å². The van der Waals surface area contributed by atoms with Crippen molar-refractivity contribution in [3.63, 3.8) is 0 Å². The van der Waals surface area contributed by atoms with E-state index < -0.39 is 6.04 Å². The summed E-state index contributed by atoms with van der Waals surface area (Å²) in [5.41, 5.74) is 0.652. The molecule has 2 fully saturated rings. The Bertz CT molecular complexity index is 727. The number of benzene rings is 1. The first-order valence-corrected chi connectivity index (χ1v) is 9.35. The lowest BCUT2D eigenvalue weighted by molar-refractivity contribution is -0.156. The fourth-order valence-electron chi connectivity index (χ4n) is 3.56. The Balaban J connectivity index is 1.68. The first kappa shape index (κ1) is 19.1. The number of halogens is 1. The molecule has 3 rings (SSSR count). The van der Waals surface area contributed by atoms with Gasteiger partial charge in [0.25, 0.3) is 0 Å². The predicted octanol–water partition coefficient (Wildman–Crippen LogP) is 1.19. The molecule has 146 valence electrons. The van der Waals surface area contributed by atoms with E-state index in [2.05, 4.69) is 5.32 Å². The molecule has 0 spiro atoms. The average Bonchev–Trinajstić information content (AvgIpc) is 2.88. The minimum atomic E-state index is -0.566. The maximum absolute atomic E-state index is 13.4. The van der Waals surface area contributed by atoms with Crippen LogP contribution in [-0.4, -0.2) is 71.3 Å². The molecule has 4 amide bonds. The van der Waals surface area contributed by atoms with Crippen LogP contribution in [0, 0.1) is 5.82 Å². The van der Waals surface area contributed by atoms with E-state index in [0.29, 0.717) is 38.2 Å². The van der Waals surface area contributed by atoms with E-state index >= 15 is 0 Å². The third-order valence-corrected chi connectivity index (χ3v) is 4.98. The molecule has 2 heterocycles. The highest BCUT2D eigenvalue weighted by molar-refractivity contribution is 5.95. The summed E-state index contributed by atoms with van der Waals surface area (Å²) in [6, 6.07) is 5.32. The number of rotatable bonds is 4. The van der Waals surface area contributed by atoms with Gasteiger partial charge in [0.15, 0.2) is 0 Å². The van der Waals surface area contributed by atoms with Crippen LogP contribution in [0.1, 0.15) is 25.3 Å². The highest BCUT2D eigenvalue weighted by Gasteiger charge is 2.41. The van der Waals surface area contributed by atoms with Crippen molar-refractivity contribution in [1.82, 2.24) is 20.0 Å². The van der Waals surface area contributed by atoms with E-state index in [0.717, 1.165) is 6.42 Å². The molecule has 0 saturated carbocycles. The number of fused-ring (bicyclic) bond motifs is 1. The lowest BCUT2D eigenvalue weighted by Crippen LogP contribution is -2.59. The Hall–Kier alpha value is -2.64. The van der Waals surface area contributed by atoms with E-state index in [1.165, 1.54) is 17.0 Å². The SMILES string of the molecule is CCCNC(=O)N1CCC2C(=O)N(Cc3cccc(F)c3)CC(=O)N2CC1. The molecular formula is C19H25FN4O3. The molecule has 27 heavy (non-hydrogen) atoms. The molecule has 0 bridgehead atoms. The second kappa shape index (κ2) is 8.37. The summed E-state index contributed by atoms with van der Waals surface area (Å²) in [5.74, 6) is -0.644. The molecule has 0 aliphatic carbocycles. The van der Waals surface area contributed by atoms with E-state index in [1.54, 1.807) is 21.9 Å². The Morgan fingerprint density at radius 2 is 2.07 bits per heavy atom. The summed E-state index contributed by atoms with van der Waals surface area (Å²) in [6.45, 7) is 3.94. The molecule has 1 aromatic rings. The van der Waals surface area contributed by atoms with Crippen LogP contribution in [0.4, 0.5) is 9.18 Å². The predicted molar refractivity (Wildman–Crippen MR) is 97.2 cm³/mol. The zero-order chi connectivity index (χ0) is 19.4. The maximum Gasteiger partial charge on any atom is 0.317 e. The van der Waals surface area contributed by atoms with Crippen molar-refractivity contribution in [2.45, 2.75) is 32.4 Å². The van der Waals surface area contributed by atoms with Gasteiger partial charge >= 0.3 is 6.03 Å². The minimum Gasteiger partial charge on any atom is -0.338 e. The summed E-state index contributed by atoms with van der Waals surface area (Å²) in [4.78, 5) is 42.4. The van der Waals surface area contributed by atoms with Crippen molar-refractivity contribution in [2.24, 2.45) is 0 Å². The fraction of sp³-hybridized carbons (Fsp3) is 0.526. The summed E-state index contributed by atoms with van der Waals surface area (Å²) in [5, 5.41) is 2.83. The summed E-state index contributed by atoms with van der Waals surface area (Å²) in [7, 11) is 0. The number of amides is 4.